The molecule has 0 amide bonds. The Kier molecular flexibility index (Phi) is 2.77. The molecule has 3 heteroatoms. The Labute approximate surface area is 98.5 Å². The highest BCUT2D eigenvalue weighted by molar-refractivity contribution is 5.92. The lowest BCUT2D eigenvalue weighted by molar-refractivity contribution is 0.128. The smallest absolute Gasteiger partial charge is 0.0651 e. The summed E-state index contributed by atoms with van der Waals surface area (Å²) in [4.78, 5) is 2.21. The van der Waals surface area contributed by atoms with Crippen LogP contribution < -0.4 is 0 Å². The maximum absolute atomic E-state index is 9.23. The third-order valence-electron chi connectivity index (χ3n) is 5.16. The van der Waals surface area contributed by atoms with Gasteiger partial charge in [-0.2, -0.15) is 0 Å². The van der Waals surface area contributed by atoms with Crippen molar-refractivity contribution in [2.75, 3.05) is 20.6 Å². The van der Waals surface area contributed by atoms with E-state index in [-0.39, 0.29) is 0 Å². The van der Waals surface area contributed by atoms with E-state index in [0.29, 0.717) is 29.1 Å². The first-order chi connectivity index (χ1) is 7.39. The van der Waals surface area contributed by atoms with E-state index in [9.17, 15) is 5.21 Å². The fraction of sp³-hybridized carbons (Fsp3) is 0.923. The van der Waals surface area contributed by atoms with Gasteiger partial charge in [-0.05, 0) is 37.8 Å². The monoisotopic (exact) mass is 224 g/mol. The molecule has 0 heterocycles. The molecule has 2 saturated carbocycles. The van der Waals surface area contributed by atoms with E-state index in [2.05, 4.69) is 44.9 Å². The molecule has 2 bridgehead atoms. The average Bonchev–Trinajstić information content (AvgIpc) is 2.63. The largest absolute Gasteiger partial charge is 0.411 e. The number of hydrogen-bond acceptors (Lipinski definition) is 3. The topological polar surface area (TPSA) is 35.8 Å². The second-order valence-electron chi connectivity index (χ2n) is 6.45. The van der Waals surface area contributed by atoms with Crippen LogP contribution in [0, 0.1) is 29.1 Å². The molecule has 2 fully saturated rings. The molecule has 0 saturated heterocycles. The molecule has 0 spiro atoms. The number of nitrogens with zero attached hydrogens (tertiary/aromatic N) is 2. The Bertz CT molecular complexity index is 309. The highest BCUT2D eigenvalue weighted by Gasteiger charge is 2.58. The Morgan fingerprint density at radius 3 is 2.56 bits per heavy atom. The fourth-order valence-corrected chi connectivity index (χ4v) is 3.94. The highest BCUT2D eigenvalue weighted by Crippen LogP contribution is 2.60. The van der Waals surface area contributed by atoms with Crippen LogP contribution in [0.1, 0.15) is 27.2 Å². The van der Waals surface area contributed by atoms with Gasteiger partial charge in [0.05, 0.1) is 5.71 Å². The van der Waals surface area contributed by atoms with Crippen LogP contribution in [-0.4, -0.2) is 36.5 Å². The molecule has 1 N–H and O–H groups in total. The van der Waals surface area contributed by atoms with Crippen molar-refractivity contribution >= 4 is 5.71 Å². The molecule has 3 nitrogen and oxygen atoms in total. The predicted molar refractivity (Wildman–Crippen MR) is 65.8 cm³/mol. The van der Waals surface area contributed by atoms with Crippen molar-refractivity contribution in [3.63, 3.8) is 0 Å². The minimum Gasteiger partial charge on any atom is -0.411 e. The number of oxime groups is 1. The predicted octanol–water partition coefficient (Wildman–Crippen LogP) is 2.31. The molecule has 0 unspecified atom stereocenters. The molecule has 4 atom stereocenters. The SMILES string of the molecule is C[C@H]1[C@@H]2C[C@H]([C@H](CN(C)C)/C2=N\O)C1(C)C. The first-order valence-electron chi connectivity index (χ1n) is 6.26. The molecule has 0 aromatic rings. The van der Waals surface area contributed by atoms with E-state index in [4.69, 9.17) is 0 Å². The minimum atomic E-state index is 0.388. The van der Waals surface area contributed by atoms with Crippen LogP contribution in [0.5, 0.6) is 0 Å². The summed E-state index contributed by atoms with van der Waals surface area (Å²) in [5, 5.41) is 12.8. The first-order valence-corrected chi connectivity index (χ1v) is 6.26. The van der Waals surface area contributed by atoms with Crippen molar-refractivity contribution in [2.45, 2.75) is 27.2 Å². The second kappa shape index (κ2) is 3.73. The molecule has 0 aromatic carbocycles. The second-order valence-corrected chi connectivity index (χ2v) is 6.45. The molecule has 0 radical (unpaired) electrons. The molecular formula is C13H24N2O. The minimum absolute atomic E-state index is 0.388. The zero-order chi connectivity index (χ0) is 12.1. The fourth-order valence-electron chi connectivity index (χ4n) is 3.94. The molecule has 92 valence electrons. The summed E-state index contributed by atoms with van der Waals surface area (Å²) in [5.41, 5.74) is 1.45. The zero-order valence-corrected chi connectivity index (χ0v) is 11.1. The van der Waals surface area contributed by atoms with Crippen molar-refractivity contribution in [3.05, 3.63) is 0 Å². The Morgan fingerprint density at radius 1 is 1.44 bits per heavy atom. The van der Waals surface area contributed by atoms with Crippen LogP contribution >= 0.6 is 0 Å². The lowest BCUT2D eigenvalue weighted by Gasteiger charge is -2.41. The number of fused-ring (bicyclic) bond motifs is 2. The highest BCUT2D eigenvalue weighted by atomic mass is 16.4. The third-order valence-corrected chi connectivity index (χ3v) is 5.16. The van der Waals surface area contributed by atoms with Gasteiger partial charge in [0.1, 0.15) is 0 Å². The van der Waals surface area contributed by atoms with Gasteiger partial charge >= 0.3 is 0 Å². The first kappa shape index (κ1) is 11.9. The summed E-state index contributed by atoms with van der Waals surface area (Å²) < 4.78 is 0. The van der Waals surface area contributed by atoms with Gasteiger partial charge in [0.15, 0.2) is 0 Å². The van der Waals surface area contributed by atoms with Crippen LogP contribution in [0.2, 0.25) is 0 Å². The standard InChI is InChI=1S/C13H24N2O/c1-8-9-6-11(13(8,2)3)10(7-15(4)5)12(9)14-16/h8-11,16H,6-7H2,1-5H3/b14-12-/t8-,9-,10-,11+/m0/s1. The van der Waals surface area contributed by atoms with Crippen molar-refractivity contribution in [1.82, 2.24) is 4.90 Å². The third kappa shape index (κ3) is 1.48. The number of rotatable bonds is 2. The van der Waals surface area contributed by atoms with E-state index in [1.54, 1.807) is 0 Å². The summed E-state index contributed by atoms with van der Waals surface area (Å²) in [6.45, 7) is 8.07. The Hall–Kier alpha value is -0.570. The summed E-state index contributed by atoms with van der Waals surface area (Å²) >= 11 is 0. The normalized spacial score (nSPS) is 43.5. The van der Waals surface area contributed by atoms with Crippen molar-refractivity contribution in [1.29, 1.82) is 0 Å². The maximum atomic E-state index is 9.23. The number of hydrogen-bond donors (Lipinski definition) is 1. The Morgan fingerprint density at radius 2 is 2.06 bits per heavy atom. The van der Waals surface area contributed by atoms with Gasteiger partial charge in [-0.15, -0.1) is 0 Å². The molecule has 2 rings (SSSR count). The molecule has 0 aromatic heterocycles. The van der Waals surface area contributed by atoms with E-state index in [0.717, 1.165) is 12.3 Å². The summed E-state index contributed by atoms with van der Waals surface area (Å²) in [6.07, 6.45) is 1.21. The van der Waals surface area contributed by atoms with Gasteiger partial charge < -0.3 is 10.1 Å². The van der Waals surface area contributed by atoms with E-state index >= 15 is 0 Å². The van der Waals surface area contributed by atoms with Gasteiger partial charge in [0, 0.05) is 18.4 Å². The van der Waals surface area contributed by atoms with Gasteiger partial charge in [-0.1, -0.05) is 25.9 Å². The quantitative estimate of drug-likeness (QED) is 0.577. The van der Waals surface area contributed by atoms with Crippen LogP contribution in [0.4, 0.5) is 0 Å². The zero-order valence-electron chi connectivity index (χ0n) is 11.1. The van der Waals surface area contributed by atoms with E-state index in [1.807, 2.05) is 0 Å². The lowest BCUT2D eigenvalue weighted by atomic mass is 9.64. The summed E-state index contributed by atoms with van der Waals surface area (Å²) in [5.74, 6) is 2.29. The Balaban J connectivity index is 2.27. The summed E-state index contributed by atoms with van der Waals surface area (Å²) in [6, 6.07) is 0. The van der Waals surface area contributed by atoms with Gasteiger partial charge in [-0.3, -0.25) is 0 Å². The molecule has 0 aliphatic heterocycles. The average molecular weight is 224 g/mol. The molecule has 2 aliphatic carbocycles. The maximum Gasteiger partial charge on any atom is 0.0651 e. The van der Waals surface area contributed by atoms with Crippen LogP contribution in [0.25, 0.3) is 0 Å². The summed E-state index contributed by atoms with van der Waals surface area (Å²) in [7, 11) is 4.19. The van der Waals surface area contributed by atoms with Crippen molar-refractivity contribution < 1.29 is 5.21 Å². The molecule has 2 aliphatic rings. The van der Waals surface area contributed by atoms with Crippen molar-refractivity contribution in [3.8, 4) is 0 Å². The molecule has 16 heavy (non-hydrogen) atoms. The van der Waals surface area contributed by atoms with Gasteiger partial charge in [0.2, 0.25) is 0 Å². The van der Waals surface area contributed by atoms with Gasteiger partial charge in [0.25, 0.3) is 0 Å². The van der Waals surface area contributed by atoms with E-state index in [1.165, 1.54) is 6.42 Å². The van der Waals surface area contributed by atoms with Crippen LogP contribution in [-0.2, 0) is 0 Å². The van der Waals surface area contributed by atoms with Gasteiger partial charge in [-0.25, -0.2) is 0 Å². The van der Waals surface area contributed by atoms with Crippen LogP contribution in [0.15, 0.2) is 5.16 Å². The lowest BCUT2D eigenvalue weighted by Crippen LogP contribution is -2.43. The van der Waals surface area contributed by atoms with Crippen molar-refractivity contribution in [2.24, 2.45) is 34.2 Å². The van der Waals surface area contributed by atoms with Crippen LogP contribution in [0.3, 0.4) is 0 Å². The van der Waals surface area contributed by atoms with E-state index < -0.39 is 0 Å². The molecular weight excluding hydrogens is 200 g/mol.